The smallest absolute Gasteiger partial charge is 0.306 e. The number of aromatic hydroxyl groups is 1. The van der Waals surface area contributed by atoms with Gasteiger partial charge in [-0.3, -0.25) is 9.59 Å². The topological polar surface area (TPSA) is 76.5 Å². The molecule has 1 N–H and O–H groups in total. The molecular weight excluding hydrogens is 381 g/mol. The van der Waals surface area contributed by atoms with E-state index in [1.165, 1.54) is 24.3 Å². The van der Waals surface area contributed by atoms with Crippen LogP contribution in [-0.2, 0) is 9.53 Å². The summed E-state index contributed by atoms with van der Waals surface area (Å²) in [5.74, 6) is -1.75. The number of aromatic nitrogens is 1. The Kier molecular flexibility index (Phi) is 6.03. The van der Waals surface area contributed by atoms with Crippen LogP contribution in [0.3, 0.4) is 0 Å². The van der Waals surface area contributed by atoms with E-state index in [9.17, 15) is 19.1 Å². The molecule has 0 aliphatic rings. The number of Topliss-reactive ketones (excluding diaryl/α,β-unsaturated/α-hetero) is 1. The SMILES string of the molecule is CCOC(=O)CCC(=O)c1nc(-c2cccc(F)c2)cc(Br)c1O. The molecule has 5 nitrogen and oxygen atoms in total. The molecule has 2 aromatic rings. The zero-order valence-electron chi connectivity index (χ0n) is 12.9. The van der Waals surface area contributed by atoms with E-state index in [2.05, 4.69) is 20.9 Å². The zero-order chi connectivity index (χ0) is 17.7. The second-order valence-electron chi connectivity index (χ2n) is 4.93. The molecule has 0 bridgehead atoms. The van der Waals surface area contributed by atoms with Gasteiger partial charge >= 0.3 is 5.97 Å². The maximum atomic E-state index is 13.4. The van der Waals surface area contributed by atoms with Gasteiger partial charge in [-0.1, -0.05) is 12.1 Å². The van der Waals surface area contributed by atoms with Crippen LogP contribution >= 0.6 is 15.9 Å². The molecule has 0 atom stereocenters. The molecule has 0 amide bonds. The summed E-state index contributed by atoms with van der Waals surface area (Å²) in [4.78, 5) is 27.7. The van der Waals surface area contributed by atoms with Crippen LogP contribution in [-0.4, -0.2) is 28.4 Å². The van der Waals surface area contributed by atoms with E-state index in [1.807, 2.05) is 0 Å². The molecule has 126 valence electrons. The molecule has 0 radical (unpaired) electrons. The fourth-order valence-corrected chi connectivity index (χ4v) is 2.47. The number of carbonyl (C=O) groups is 2. The van der Waals surface area contributed by atoms with E-state index in [0.717, 1.165) is 0 Å². The van der Waals surface area contributed by atoms with Crippen LogP contribution in [0.4, 0.5) is 4.39 Å². The number of hydrogen-bond donors (Lipinski definition) is 1. The Labute approximate surface area is 146 Å². The van der Waals surface area contributed by atoms with Crippen LogP contribution in [0.1, 0.15) is 30.3 Å². The number of ether oxygens (including phenoxy) is 1. The van der Waals surface area contributed by atoms with Gasteiger partial charge in [0.1, 0.15) is 11.5 Å². The molecule has 2 rings (SSSR count). The van der Waals surface area contributed by atoms with Crippen LogP contribution in [0.5, 0.6) is 5.75 Å². The fraction of sp³-hybridized carbons (Fsp3) is 0.235. The fourth-order valence-electron chi connectivity index (χ4n) is 2.06. The van der Waals surface area contributed by atoms with E-state index in [4.69, 9.17) is 4.74 Å². The third kappa shape index (κ3) is 4.38. The lowest BCUT2D eigenvalue weighted by atomic mass is 10.1. The molecule has 0 saturated carbocycles. The second-order valence-corrected chi connectivity index (χ2v) is 5.78. The number of pyridine rings is 1. The lowest BCUT2D eigenvalue weighted by Gasteiger charge is -2.09. The summed E-state index contributed by atoms with van der Waals surface area (Å²) in [7, 11) is 0. The summed E-state index contributed by atoms with van der Waals surface area (Å²) in [6.45, 7) is 1.91. The lowest BCUT2D eigenvalue weighted by Crippen LogP contribution is -2.10. The van der Waals surface area contributed by atoms with E-state index in [-0.39, 0.29) is 35.4 Å². The first kappa shape index (κ1) is 18.1. The molecule has 1 aromatic heterocycles. The normalized spacial score (nSPS) is 10.5. The van der Waals surface area contributed by atoms with Crippen molar-refractivity contribution >= 4 is 27.7 Å². The highest BCUT2D eigenvalue weighted by molar-refractivity contribution is 9.10. The summed E-state index contributed by atoms with van der Waals surface area (Å²) >= 11 is 3.16. The third-order valence-electron chi connectivity index (χ3n) is 3.19. The van der Waals surface area contributed by atoms with Crippen molar-refractivity contribution in [2.45, 2.75) is 19.8 Å². The Hall–Kier alpha value is -2.28. The Balaban J connectivity index is 2.29. The molecule has 0 fully saturated rings. The van der Waals surface area contributed by atoms with E-state index in [0.29, 0.717) is 11.3 Å². The largest absolute Gasteiger partial charge is 0.504 e. The predicted molar refractivity (Wildman–Crippen MR) is 89.2 cm³/mol. The standard InChI is InChI=1S/C17H15BrFNO4/c1-2-24-15(22)7-6-14(21)16-17(23)12(18)9-13(20-16)10-4-3-5-11(19)8-10/h3-5,8-9,23H,2,6-7H2,1H3. The van der Waals surface area contributed by atoms with Crippen molar-refractivity contribution in [2.24, 2.45) is 0 Å². The van der Waals surface area contributed by atoms with Crippen molar-refractivity contribution in [2.75, 3.05) is 6.61 Å². The van der Waals surface area contributed by atoms with E-state index < -0.39 is 17.6 Å². The minimum atomic E-state index is -0.500. The number of esters is 1. The molecule has 0 saturated heterocycles. The number of carbonyl (C=O) groups excluding carboxylic acids is 2. The highest BCUT2D eigenvalue weighted by Crippen LogP contribution is 2.32. The van der Waals surface area contributed by atoms with Gasteiger partial charge in [0.25, 0.3) is 0 Å². The second kappa shape index (κ2) is 8.01. The molecule has 0 aliphatic carbocycles. The molecule has 0 aliphatic heterocycles. The van der Waals surface area contributed by atoms with Crippen LogP contribution in [0.2, 0.25) is 0 Å². The maximum Gasteiger partial charge on any atom is 0.306 e. The van der Waals surface area contributed by atoms with Gasteiger partial charge in [-0.15, -0.1) is 0 Å². The zero-order valence-corrected chi connectivity index (χ0v) is 14.5. The van der Waals surface area contributed by atoms with Gasteiger partial charge < -0.3 is 9.84 Å². The van der Waals surface area contributed by atoms with Crippen LogP contribution in [0.15, 0.2) is 34.8 Å². The highest BCUT2D eigenvalue weighted by atomic mass is 79.9. The van der Waals surface area contributed by atoms with Crippen molar-refractivity contribution < 1.29 is 23.8 Å². The Morgan fingerprint density at radius 2 is 2.04 bits per heavy atom. The number of ketones is 1. The Morgan fingerprint density at radius 3 is 2.71 bits per heavy atom. The summed E-state index contributed by atoms with van der Waals surface area (Å²) < 4.78 is 18.4. The molecule has 1 aromatic carbocycles. The van der Waals surface area contributed by atoms with Gasteiger partial charge in [0, 0.05) is 12.0 Å². The summed E-state index contributed by atoms with van der Waals surface area (Å²) in [6.07, 6.45) is -0.242. The summed E-state index contributed by atoms with van der Waals surface area (Å²) in [5, 5.41) is 10.0. The Bertz CT molecular complexity index is 779. The average molecular weight is 396 g/mol. The van der Waals surface area contributed by atoms with Gasteiger partial charge in [0.15, 0.2) is 11.5 Å². The quantitative estimate of drug-likeness (QED) is 0.593. The predicted octanol–water partition coefficient (Wildman–Crippen LogP) is 3.88. The van der Waals surface area contributed by atoms with Crippen molar-refractivity contribution in [1.82, 2.24) is 4.98 Å². The molecule has 0 unspecified atom stereocenters. The van der Waals surface area contributed by atoms with Crippen molar-refractivity contribution in [3.8, 4) is 17.0 Å². The molecule has 24 heavy (non-hydrogen) atoms. The maximum absolute atomic E-state index is 13.4. The third-order valence-corrected chi connectivity index (χ3v) is 3.80. The summed E-state index contributed by atoms with van der Waals surface area (Å²) in [6, 6.07) is 7.23. The highest BCUT2D eigenvalue weighted by Gasteiger charge is 2.19. The van der Waals surface area contributed by atoms with Gasteiger partial charge in [-0.25, -0.2) is 9.37 Å². The first-order chi connectivity index (χ1) is 11.4. The van der Waals surface area contributed by atoms with Crippen molar-refractivity contribution in [3.05, 3.63) is 46.3 Å². The number of halogens is 2. The molecule has 7 heteroatoms. The number of rotatable bonds is 6. The average Bonchev–Trinajstić information content (AvgIpc) is 2.55. The van der Waals surface area contributed by atoms with Gasteiger partial charge in [0.2, 0.25) is 0 Å². The lowest BCUT2D eigenvalue weighted by molar-refractivity contribution is -0.143. The molecular formula is C17H15BrFNO4. The van der Waals surface area contributed by atoms with Gasteiger partial charge in [-0.2, -0.15) is 0 Å². The van der Waals surface area contributed by atoms with E-state index in [1.54, 1.807) is 13.0 Å². The monoisotopic (exact) mass is 395 g/mol. The van der Waals surface area contributed by atoms with E-state index >= 15 is 0 Å². The van der Waals surface area contributed by atoms with Gasteiger partial charge in [-0.05, 0) is 41.1 Å². The first-order valence-corrected chi connectivity index (χ1v) is 8.06. The first-order valence-electron chi connectivity index (χ1n) is 7.26. The van der Waals surface area contributed by atoms with Crippen molar-refractivity contribution in [3.63, 3.8) is 0 Å². The minimum Gasteiger partial charge on any atom is -0.504 e. The van der Waals surface area contributed by atoms with Crippen molar-refractivity contribution in [1.29, 1.82) is 0 Å². The van der Waals surface area contributed by atoms with Crippen LogP contribution < -0.4 is 0 Å². The Morgan fingerprint density at radius 1 is 1.29 bits per heavy atom. The van der Waals surface area contributed by atoms with Gasteiger partial charge in [0.05, 0.1) is 23.2 Å². The number of benzene rings is 1. The number of nitrogens with zero attached hydrogens (tertiary/aromatic N) is 1. The minimum absolute atomic E-state index is 0.102. The molecule has 1 heterocycles. The number of hydrogen-bond acceptors (Lipinski definition) is 5. The summed E-state index contributed by atoms with van der Waals surface area (Å²) in [5.41, 5.74) is 0.627. The van der Waals surface area contributed by atoms with Crippen LogP contribution in [0, 0.1) is 5.82 Å². The van der Waals surface area contributed by atoms with Crippen LogP contribution in [0.25, 0.3) is 11.3 Å². The molecule has 0 spiro atoms.